The lowest BCUT2D eigenvalue weighted by Gasteiger charge is -2.59. The third-order valence-corrected chi connectivity index (χ3v) is 8.87. The van der Waals surface area contributed by atoms with E-state index in [1.807, 2.05) is 0 Å². The molecule has 0 radical (unpaired) electrons. The standard InChI is InChI=1S/2C10H18.CH3Cl/c1-9(2)8-4-6-10(9,3)7-5-8;1-7-4-5-8-6-9(7)10(8,2)3;1-2/h8H,4-7H2,1-3H3;7-9H,4-6H2,1-3H3;1H3. The molecule has 5 aliphatic carbocycles. The summed E-state index contributed by atoms with van der Waals surface area (Å²) in [5.74, 6) is 4.21. The van der Waals surface area contributed by atoms with Crippen molar-refractivity contribution in [2.45, 2.75) is 86.5 Å². The van der Waals surface area contributed by atoms with Crippen LogP contribution >= 0.6 is 11.6 Å². The maximum atomic E-state index is 4.64. The van der Waals surface area contributed by atoms with E-state index in [9.17, 15) is 0 Å². The Morgan fingerprint density at radius 2 is 1.32 bits per heavy atom. The van der Waals surface area contributed by atoms with Gasteiger partial charge >= 0.3 is 0 Å². The molecular weight excluding hydrogens is 288 g/mol. The van der Waals surface area contributed by atoms with Crippen LogP contribution in [0.1, 0.15) is 86.5 Å². The van der Waals surface area contributed by atoms with E-state index in [0.717, 1.165) is 23.7 Å². The molecule has 0 heterocycles. The molecule has 4 bridgehead atoms. The summed E-state index contributed by atoms with van der Waals surface area (Å²) in [6, 6.07) is 0. The predicted octanol–water partition coefficient (Wildman–Crippen LogP) is 7.16. The van der Waals surface area contributed by atoms with E-state index in [1.165, 1.54) is 51.3 Å². The molecule has 0 aromatic carbocycles. The van der Waals surface area contributed by atoms with Crippen LogP contribution in [0.25, 0.3) is 0 Å². The van der Waals surface area contributed by atoms with Crippen LogP contribution in [0.5, 0.6) is 0 Å². The summed E-state index contributed by atoms with van der Waals surface area (Å²) in [7, 11) is 0. The van der Waals surface area contributed by atoms with Crippen LogP contribution in [0.4, 0.5) is 0 Å². The lowest BCUT2D eigenvalue weighted by Crippen LogP contribution is -2.51. The second kappa shape index (κ2) is 6.30. The predicted molar refractivity (Wildman–Crippen MR) is 99.4 cm³/mol. The van der Waals surface area contributed by atoms with E-state index in [0.29, 0.717) is 16.2 Å². The van der Waals surface area contributed by atoms with E-state index >= 15 is 0 Å². The van der Waals surface area contributed by atoms with Gasteiger partial charge in [0.15, 0.2) is 0 Å². The first-order valence-electron chi connectivity index (χ1n) is 9.56. The van der Waals surface area contributed by atoms with Gasteiger partial charge in [-0.3, -0.25) is 0 Å². The van der Waals surface area contributed by atoms with Crippen molar-refractivity contribution in [1.82, 2.24) is 0 Å². The van der Waals surface area contributed by atoms with Crippen molar-refractivity contribution in [1.29, 1.82) is 0 Å². The summed E-state index contributed by atoms with van der Waals surface area (Å²) in [4.78, 5) is 0. The first-order valence-corrected chi connectivity index (χ1v) is 10.3. The zero-order valence-corrected chi connectivity index (χ0v) is 16.9. The van der Waals surface area contributed by atoms with E-state index in [-0.39, 0.29) is 0 Å². The summed E-state index contributed by atoms with van der Waals surface area (Å²) in [5.41, 5.74) is 2.07. The van der Waals surface area contributed by atoms with E-state index < -0.39 is 0 Å². The Bertz CT molecular complexity index is 369. The molecule has 1 heteroatoms. The largest absolute Gasteiger partial charge is 0.130 e. The van der Waals surface area contributed by atoms with Gasteiger partial charge in [0, 0.05) is 6.38 Å². The number of rotatable bonds is 0. The summed E-state index contributed by atoms with van der Waals surface area (Å²) >= 11 is 4.64. The van der Waals surface area contributed by atoms with E-state index in [2.05, 4.69) is 53.1 Å². The molecule has 5 saturated carbocycles. The van der Waals surface area contributed by atoms with Crippen molar-refractivity contribution < 1.29 is 0 Å². The minimum absolute atomic E-state index is 0.660. The highest BCUT2D eigenvalue weighted by molar-refractivity contribution is 6.15. The summed E-state index contributed by atoms with van der Waals surface area (Å²) in [5, 5.41) is 0. The molecule has 3 atom stereocenters. The van der Waals surface area contributed by atoms with Crippen LogP contribution in [0, 0.1) is 39.9 Å². The molecule has 0 aromatic rings. The molecule has 0 N–H and O–H groups in total. The monoisotopic (exact) mass is 326 g/mol. The highest BCUT2D eigenvalue weighted by Gasteiger charge is 2.55. The minimum atomic E-state index is 0.660. The summed E-state index contributed by atoms with van der Waals surface area (Å²) in [6.07, 6.45) is 12.0. The SMILES string of the molecule is CC12CCC(CC1)C2(C)C.CC1CCC2CC1C2(C)C.CCl. The van der Waals surface area contributed by atoms with Crippen molar-refractivity contribution in [3.8, 4) is 0 Å². The Hall–Kier alpha value is 0.290. The fourth-order valence-corrected chi connectivity index (χ4v) is 6.29. The van der Waals surface area contributed by atoms with Crippen molar-refractivity contribution in [2.75, 3.05) is 6.38 Å². The molecular formula is C21H39Cl. The van der Waals surface area contributed by atoms with E-state index in [1.54, 1.807) is 0 Å². The van der Waals surface area contributed by atoms with Crippen molar-refractivity contribution in [3.05, 3.63) is 0 Å². The molecule has 0 aliphatic heterocycles. The molecule has 5 aliphatic rings. The van der Waals surface area contributed by atoms with Crippen LogP contribution in [0.15, 0.2) is 0 Å². The van der Waals surface area contributed by atoms with Gasteiger partial charge in [0.05, 0.1) is 0 Å². The Morgan fingerprint density at radius 1 is 0.773 bits per heavy atom. The Labute approximate surface area is 144 Å². The molecule has 0 saturated heterocycles. The van der Waals surface area contributed by atoms with Gasteiger partial charge in [-0.15, -0.1) is 11.6 Å². The van der Waals surface area contributed by atoms with Gasteiger partial charge in [0.2, 0.25) is 0 Å². The quantitative estimate of drug-likeness (QED) is 0.414. The highest BCUT2D eigenvalue weighted by Crippen LogP contribution is 2.65. The summed E-state index contributed by atoms with van der Waals surface area (Å²) < 4.78 is 0. The molecule has 130 valence electrons. The minimum Gasteiger partial charge on any atom is -0.130 e. The molecule has 0 amide bonds. The van der Waals surface area contributed by atoms with Crippen molar-refractivity contribution >= 4 is 11.6 Å². The third-order valence-electron chi connectivity index (χ3n) is 8.87. The normalized spacial score (nSPS) is 45.8. The Morgan fingerprint density at radius 3 is 1.50 bits per heavy atom. The first-order chi connectivity index (χ1) is 10.2. The Balaban J connectivity index is 0.000000144. The van der Waals surface area contributed by atoms with Gasteiger partial charge in [-0.25, -0.2) is 0 Å². The second-order valence-corrected chi connectivity index (χ2v) is 9.97. The molecule has 3 unspecified atom stereocenters. The number of alkyl halides is 1. The molecule has 0 nitrogen and oxygen atoms in total. The number of hydrogen-bond donors (Lipinski definition) is 0. The fourth-order valence-electron chi connectivity index (χ4n) is 6.29. The second-order valence-electron chi connectivity index (χ2n) is 9.97. The zero-order valence-electron chi connectivity index (χ0n) is 16.1. The fraction of sp³-hybridized carbons (Fsp3) is 1.00. The van der Waals surface area contributed by atoms with Crippen LogP contribution in [0.3, 0.4) is 0 Å². The van der Waals surface area contributed by atoms with Gasteiger partial charge < -0.3 is 0 Å². The lowest BCUT2D eigenvalue weighted by atomic mass is 9.46. The van der Waals surface area contributed by atoms with Gasteiger partial charge in [0.1, 0.15) is 0 Å². The molecule has 5 fully saturated rings. The van der Waals surface area contributed by atoms with E-state index in [4.69, 9.17) is 0 Å². The average molecular weight is 327 g/mol. The average Bonchev–Trinajstić information content (AvgIpc) is 2.84. The first kappa shape index (κ1) is 18.6. The highest BCUT2D eigenvalue weighted by atomic mass is 35.5. The third kappa shape index (κ3) is 2.76. The zero-order chi connectivity index (χ0) is 16.8. The molecule has 5 rings (SSSR count). The van der Waals surface area contributed by atoms with Crippen LogP contribution in [0.2, 0.25) is 0 Å². The molecule has 0 aromatic heterocycles. The van der Waals surface area contributed by atoms with Gasteiger partial charge in [-0.05, 0) is 78.4 Å². The molecule has 0 spiro atoms. The number of halogens is 1. The van der Waals surface area contributed by atoms with Gasteiger partial charge in [0.25, 0.3) is 0 Å². The van der Waals surface area contributed by atoms with Crippen molar-refractivity contribution in [2.24, 2.45) is 39.9 Å². The van der Waals surface area contributed by atoms with Crippen molar-refractivity contribution in [3.63, 3.8) is 0 Å². The number of fused-ring (bicyclic) bond motifs is 4. The Kier molecular flexibility index (Phi) is 5.34. The summed E-state index contributed by atoms with van der Waals surface area (Å²) in [6.45, 7) is 14.8. The van der Waals surface area contributed by atoms with Gasteiger partial charge in [-0.2, -0.15) is 0 Å². The maximum Gasteiger partial charge on any atom is 0.0108 e. The smallest absolute Gasteiger partial charge is 0.0108 e. The van der Waals surface area contributed by atoms with Gasteiger partial charge in [-0.1, -0.05) is 48.0 Å². The molecule has 22 heavy (non-hydrogen) atoms. The van der Waals surface area contributed by atoms with Crippen LogP contribution < -0.4 is 0 Å². The van der Waals surface area contributed by atoms with Crippen LogP contribution in [-0.2, 0) is 0 Å². The number of hydrogen-bond acceptors (Lipinski definition) is 0. The topological polar surface area (TPSA) is 0 Å². The lowest BCUT2D eigenvalue weighted by molar-refractivity contribution is -0.0988. The van der Waals surface area contributed by atoms with Crippen LogP contribution in [-0.4, -0.2) is 6.38 Å². The maximum absolute atomic E-state index is 4.64.